The molecule has 1 aliphatic heterocycles. The number of nitrogens with two attached hydrogens (primary N) is 1. The zero-order valence-electron chi connectivity index (χ0n) is 10.4. The Balaban J connectivity index is 1.66. The molecule has 1 unspecified atom stereocenters. The van der Waals surface area contributed by atoms with Crippen molar-refractivity contribution in [3.63, 3.8) is 0 Å². The largest absolute Gasteiger partial charge is 0.321 e. The fraction of sp³-hybridized carbons (Fsp3) is 0.429. The molecule has 0 saturated heterocycles. The fourth-order valence-corrected chi connectivity index (χ4v) is 2.54. The Morgan fingerprint density at radius 2 is 2.06 bits per heavy atom. The van der Waals surface area contributed by atoms with Crippen molar-refractivity contribution in [1.29, 1.82) is 0 Å². The Morgan fingerprint density at radius 1 is 1.22 bits per heavy atom. The quantitative estimate of drug-likeness (QED) is 0.890. The first kappa shape index (κ1) is 11.4. The summed E-state index contributed by atoms with van der Waals surface area (Å²) in [5, 5.41) is 8.44. The highest BCUT2D eigenvalue weighted by atomic mass is 15.3. The third kappa shape index (κ3) is 2.16. The van der Waals surface area contributed by atoms with Gasteiger partial charge in [0.25, 0.3) is 0 Å². The molecule has 1 atom stereocenters. The van der Waals surface area contributed by atoms with Crippen molar-refractivity contribution in [2.45, 2.75) is 38.3 Å². The van der Waals surface area contributed by atoms with Gasteiger partial charge in [-0.3, -0.25) is 0 Å². The molecule has 0 spiro atoms. The molecule has 2 aromatic rings. The van der Waals surface area contributed by atoms with Crippen LogP contribution in [-0.4, -0.2) is 14.8 Å². The summed E-state index contributed by atoms with van der Waals surface area (Å²) < 4.78 is 2.19. The van der Waals surface area contributed by atoms with Gasteiger partial charge in [0.05, 0.1) is 6.04 Å². The van der Waals surface area contributed by atoms with E-state index < -0.39 is 0 Å². The smallest absolute Gasteiger partial charge is 0.149 e. The van der Waals surface area contributed by atoms with E-state index in [2.05, 4.69) is 39.0 Å². The predicted octanol–water partition coefficient (Wildman–Crippen LogP) is 1.86. The zero-order valence-corrected chi connectivity index (χ0v) is 10.4. The van der Waals surface area contributed by atoms with E-state index in [0.29, 0.717) is 0 Å². The topological polar surface area (TPSA) is 56.7 Å². The van der Waals surface area contributed by atoms with Crippen LogP contribution in [0.25, 0.3) is 0 Å². The lowest BCUT2D eigenvalue weighted by atomic mass is 10.1. The first-order valence-electron chi connectivity index (χ1n) is 6.56. The summed E-state index contributed by atoms with van der Waals surface area (Å²) in [6, 6.07) is 10.4. The normalized spacial score (nSPS) is 15.6. The number of hydrogen-bond donors (Lipinski definition) is 1. The van der Waals surface area contributed by atoms with Crippen LogP contribution in [0, 0.1) is 0 Å². The molecule has 2 heterocycles. The molecule has 18 heavy (non-hydrogen) atoms. The van der Waals surface area contributed by atoms with E-state index in [4.69, 9.17) is 5.73 Å². The molecule has 1 aromatic carbocycles. The third-order valence-corrected chi connectivity index (χ3v) is 3.56. The van der Waals surface area contributed by atoms with E-state index in [1.54, 1.807) is 0 Å². The second kappa shape index (κ2) is 4.90. The van der Waals surface area contributed by atoms with Gasteiger partial charge in [0.1, 0.15) is 11.6 Å². The van der Waals surface area contributed by atoms with E-state index in [1.165, 1.54) is 12.0 Å². The van der Waals surface area contributed by atoms with Crippen LogP contribution in [0.2, 0.25) is 0 Å². The molecule has 4 nitrogen and oxygen atoms in total. The van der Waals surface area contributed by atoms with E-state index >= 15 is 0 Å². The predicted molar refractivity (Wildman–Crippen MR) is 70.0 cm³/mol. The number of aryl methyl sites for hydroxylation is 2. The molecule has 1 aliphatic rings. The number of benzene rings is 1. The monoisotopic (exact) mass is 242 g/mol. The van der Waals surface area contributed by atoms with Crippen molar-refractivity contribution in [3.05, 3.63) is 47.5 Å². The van der Waals surface area contributed by atoms with E-state index in [1.807, 2.05) is 6.07 Å². The van der Waals surface area contributed by atoms with Gasteiger partial charge >= 0.3 is 0 Å². The summed E-state index contributed by atoms with van der Waals surface area (Å²) in [6.07, 6.45) is 4.12. The SMILES string of the molecule is NC(CCc1ccccc1)c1nnc2n1CCC2. The van der Waals surface area contributed by atoms with Gasteiger partial charge in [-0.15, -0.1) is 10.2 Å². The molecule has 4 heteroatoms. The van der Waals surface area contributed by atoms with Crippen molar-refractivity contribution < 1.29 is 0 Å². The van der Waals surface area contributed by atoms with Crippen LogP contribution in [0.4, 0.5) is 0 Å². The molecular weight excluding hydrogens is 224 g/mol. The molecule has 0 bridgehead atoms. The maximum Gasteiger partial charge on any atom is 0.149 e. The molecule has 0 fully saturated rings. The summed E-state index contributed by atoms with van der Waals surface area (Å²) >= 11 is 0. The molecule has 3 rings (SSSR count). The minimum atomic E-state index is -0.00967. The van der Waals surface area contributed by atoms with Gasteiger partial charge in [-0.25, -0.2) is 0 Å². The Hall–Kier alpha value is -1.68. The Labute approximate surface area is 107 Å². The molecule has 2 N–H and O–H groups in total. The molecule has 0 aliphatic carbocycles. The average molecular weight is 242 g/mol. The maximum absolute atomic E-state index is 6.24. The minimum Gasteiger partial charge on any atom is -0.321 e. The van der Waals surface area contributed by atoms with Crippen LogP contribution in [0.3, 0.4) is 0 Å². The van der Waals surface area contributed by atoms with Crippen LogP contribution in [0.1, 0.15) is 36.1 Å². The van der Waals surface area contributed by atoms with Crippen LogP contribution in [0.15, 0.2) is 30.3 Å². The second-order valence-corrected chi connectivity index (χ2v) is 4.86. The summed E-state index contributed by atoms with van der Waals surface area (Å²) in [4.78, 5) is 0. The lowest BCUT2D eigenvalue weighted by Crippen LogP contribution is -2.17. The summed E-state index contributed by atoms with van der Waals surface area (Å²) in [7, 11) is 0. The zero-order chi connectivity index (χ0) is 12.4. The van der Waals surface area contributed by atoms with Gasteiger partial charge in [0, 0.05) is 13.0 Å². The Kier molecular flexibility index (Phi) is 3.11. The van der Waals surface area contributed by atoms with E-state index in [9.17, 15) is 0 Å². The lowest BCUT2D eigenvalue weighted by molar-refractivity contribution is 0.564. The maximum atomic E-state index is 6.24. The Morgan fingerprint density at radius 3 is 2.89 bits per heavy atom. The van der Waals surface area contributed by atoms with Gasteiger partial charge in [-0.2, -0.15) is 0 Å². The van der Waals surface area contributed by atoms with Crippen LogP contribution in [0.5, 0.6) is 0 Å². The molecular formula is C14H18N4. The molecule has 1 aromatic heterocycles. The number of aromatic nitrogens is 3. The van der Waals surface area contributed by atoms with Crippen molar-refractivity contribution in [2.24, 2.45) is 5.73 Å². The number of nitrogens with zero attached hydrogens (tertiary/aromatic N) is 3. The highest BCUT2D eigenvalue weighted by molar-refractivity contribution is 5.15. The third-order valence-electron chi connectivity index (χ3n) is 3.56. The van der Waals surface area contributed by atoms with Crippen molar-refractivity contribution in [2.75, 3.05) is 0 Å². The summed E-state index contributed by atoms with van der Waals surface area (Å²) in [6.45, 7) is 1.02. The lowest BCUT2D eigenvalue weighted by Gasteiger charge is -2.11. The van der Waals surface area contributed by atoms with Crippen LogP contribution < -0.4 is 5.73 Å². The van der Waals surface area contributed by atoms with Gasteiger partial charge in [-0.1, -0.05) is 30.3 Å². The van der Waals surface area contributed by atoms with E-state index in [0.717, 1.165) is 37.5 Å². The fourth-order valence-electron chi connectivity index (χ4n) is 2.54. The van der Waals surface area contributed by atoms with Crippen molar-refractivity contribution in [3.8, 4) is 0 Å². The first-order chi connectivity index (χ1) is 8.84. The number of hydrogen-bond acceptors (Lipinski definition) is 3. The van der Waals surface area contributed by atoms with Crippen LogP contribution >= 0.6 is 0 Å². The van der Waals surface area contributed by atoms with E-state index in [-0.39, 0.29) is 6.04 Å². The highest BCUT2D eigenvalue weighted by Crippen LogP contribution is 2.20. The molecule has 0 radical (unpaired) electrons. The first-order valence-corrected chi connectivity index (χ1v) is 6.56. The minimum absolute atomic E-state index is 0.00967. The standard InChI is InChI=1S/C14H18N4/c15-12(9-8-11-5-2-1-3-6-11)14-17-16-13-7-4-10-18(13)14/h1-3,5-6,12H,4,7-10,15H2. The number of fused-ring (bicyclic) bond motifs is 1. The van der Waals surface area contributed by atoms with Gasteiger partial charge in [-0.05, 0) is 24.8 Å². The Bertz CT molecular complexity index is 518. The molecule has 0 saturated carbocycles. The van der Waals surface area contributed by atoms with Gasteiger partial charge in [0.15, 0.2) is 0 Å². The average Bonchev–Trinajstić information content (AvgIpc) is 2.99. The number of rotatable bonds is 4. The highest BCUT2D eigenvalue weighted by Gasteiger charge is 2.21. The molecule has 94 valence electrons. The second-order valence-electron chi connectivity index (χ2n) is 4.86. The molecule has 0 amide bonds. The summed E-state index contributed by atoms with van der Waals surface area (Å²) in [5.74, 6) is 2.05. The van der Waals surface area contributed by atoms with Crippen molar-refractivity contribution in [1.82, 2.24) is 14.8 Å². The summed E-state index contributed by atoms with van der Waals surface area (Å²) in [5.41, 5.74) is 7.56. The van der Waals surface area contributed by atoms with Crippen molar-refractivity contribution >= 4 is 0 Å². The van der Waals surface area contributed by atoms with Gasteiger partial charge in [0.2, 0.25) is 0 Å². The van der Waals surface area contributed by atoms with Gasteiger partial charge < -0.3 is 10.3 Å². The van der Waals surface area contributed by atoms with Crippen LogP contribution in [-0.2, 0) is 19.4 Å².